The lowest BCUT2D eigenvalue weighted by atomic mass is 10.3. The number of anilines is 1. The van der Waals surface area contributed by atoms with Crippen LogP contribution >= 0.6 is 11.6 Å². The molecule has 1 aromatic carbocycles. The number of ether oxygens (including phenoxy) is 1. The highest BCUT2D eigenvalue weighted by Crippen LogP contribution is 2.26. The van der Waals surface area contributed by atoms with Crippen molar-refractivity contribution in [3.05, 3.63) is 35.4 Å². The maximum atomic E-state index is 6.02. The number of nitrogens with zero attached hydrogens (tertiary/aromatic N) is 4. The van der Waals surface area contributed by atoms with Gasteiger partial charge in [0.25, 0.3) is 0 Å². The summed E-state index contributed by atoms with van der Waals surface area (Å²) in [4.78, 5) is 8.24. The van der Waals surface area contributed by atoms with Crippen molar-refractivity contribution in [1.82, 2.24) is 14.8 Å². The predicted molar refractivity (Wildman–Crippen MR) is 78.0 cm³/mol. The van der Waals surface area contributed by atoms with Crippen molar-refractivity contribution in [1.29, 1.82) is 0 Å². The van der Waals surface area contributed by atoms with Gasteiger partial charge in [0.1, 0.15) is 24.4 Å². The van der Waals surface area contributed by atoms with Gasteiger partial charge in [-0.05, 0) is 18.2 Å². The zero-order valence-corrected chi connectivity index (χ0v) is 11.9. The zero-order chi connectivity index (χ0) is 14.5. The molecule has 0 bridgehead atoms. The number of methoxy groups -OCH3 is 1. The molecular formula is C12H15ClN6O. The van der Waals surface area contributed by atoms with Gasteiger partial charge in [0.15, 0.2) is 5.96 Å². The van der Waals surface area contributed by atoms with Crippen LogP contribution in [0.25, 0.3) is 0 Å². The minimum absolute atomic E-state index is 0.272. The molecule has 0 aliphatic rings. The van der Waals surface area contributed by atoms with Gasteiger partial charge in [0.2, 0.25) is 0 Å². The molecule has 1 aromatic heterocycles. The van der Waals surface area contributed by atoms with E-state index in [9.17, 15) is 0 Å². The molecule has 1 heterocycles. The molecule has 0 amide bonds. The number of nitrogens with one attached hydrogen (secondary N) is 1. The van der Waals surface area contributed by atoms with Crippen LogP contribution in [0.4, 0.5) is 5.69 Å². The minimum Gasteiger partial charge on any atom is -0.495 e. The number of rotatable bonds is 4. The van der Waals surface area contributed by atoms with Crippen LogP contribution < -0.4 is 15.8 Å². The summed E-state index contributed by atoms with van der Waals surface area (Å²) in [7, 11) is 3.36. The Hall–Kier alpha value is -2.28. The molecule has 0 atom stereocenters. The van der Waals surface area contributed by atoms with Crippen molar-refractivity contribution >= 4 is 23.2 Å². The summed E-state index contributed by atoms with van der Waals surface area (Å²) >= 11 is 6.02. The molecule has 8 heteroatoms. The average molecular weight is 295 g/mol. The van der Waals surface area contributed by atoms with E-state index in [1.807, 2.05) is 0 Å². The Labute approximate surface area is 121 Å². The fraction of sp³-hybridized carbons (Fsp3) is 0.250. The van der Waals surface area contributed by atoms with Gasteiger partial charge >= 0.3 is 0 Å². The number of halogens is 1. The third-order valence-corrected chi connectivity index (χ3v) is 2.92. The van der Waals surface area contributed by atoms with Crippen LogP contribution in [-0.4, -0.2) is 27.8 Å². The van der Waals surface area contributed by atoms with Gasteiger partial charge in [0, 0.05) is 12.7 Å². The summed E-state index contributed by atoms with van der Waals surface area (Å²) in [5.74, 6) is 1.60. The van der Waals surface area contributed by atoms with Gasteiger partial charge in [0.05, 0.1) is 12.1 Å². The van der Waals surface area contributed by atoms with Crippen molar-refractivity contribution in [3.63, 3.8) is 0 Å². The van der Waals surface area contributed by atoms with Crippen LogP contribution in [0.5, 0.6) is 5.75 Å². The first-order valence-corrected chi connectivity index (χ1v) is 6.21. The molecule has 0 spiro atoms. The highest BCUT2D eigenvalue weighted by atomic mass is 35.5. The maximum Gasteiger partial charge on any atom is 0.193 e. The zero-order valence-electron chi connectivity index (χ0n) is 11.2. The quantitative estimate of drug-likeness (QED) is 0.657. The molecule has 0 saturated carbocycles. The fourth-order valence-corrected chi connectivity index (χ4v) is 1.81. The molecule has 7 nitrogen and oxygen atoms in total. The normalized spacial score (nSPS) is 11.4. The molecule has 0 saturated heterocycles. The van der Waals surface area contributed by atoms with E-state index in [0.717, 1.165) is 11.5 Å². The number of guanidine groups is 1. The lowest BCUT2D eigenvalue weighted by Crippen LogP contribution is -2.22. The van der Waals surface area contributed by atoms with E-state index in [2.05, 4.69) is 20.4 Å². The van der Waals surface area contributed by atoms with Crippen LogP contribution in [0, 0.1) is 0 Å². The van der Waals surface area contributed by atoms with E-state index in [-0.39, 0.29) is 5.96 Å². The lowest BCUT2D eigenvalue weighted by molar-refractivity contribution is 0.415. The number of benzene rings is 1. The van der Waals surface area contributed by atoms with Gasteiger partial charge in [-0.15, -0.1) is 0 Å². The van der Waals surface area contributed by atoms with Gasteiger partial charge in [-0.1, -0.05) is 11.6 Å². The van der Waals surface area contributed by atoms with E-state index < -0.39 is 0 Å². The number of hydrogen-bond acceptors (Lipinski definition) is 4. The highest BCUT2D eigenvalue weighted by Gasteiger charge is 2.03. The van der Waals surface area contributed by atoms with Crippen molar-refractivity contribution in [3.8, 4) is 5.75 Å². The Morgan fingerprint density at radius 1 is 1.55 bits per heavy atom. The van der Waals surface area contributed by atoms with Crippen LogP contribution in [0.3, 0.4) is 0 Å². The molecule has 3 N–H and O–H groups in total. The molecule has 20 heavy (non-hydrogen) atoms. The Bertz CT molecular complexity index is 624. The summed E-state index contributed by atoms with van der Waals surface area (Å²) < 4.78 is 6.72. The number of nitrogens with two attached hydrogens (primary N) is 1. The van der Waals surface area contributed by atoms with Gasteiger partial charge in [-0.3, -0.25) is 4.68 Å². The number of aromatic nitrogens is 3. The van der Waals surface area contributed by atoms with Crippen molar-refractivity contribution < 1.29 is 4.74 Å². The Kier molecular flexibility index (Phi) is 4.41. The van der Waals surface area contributed by atoms with Crippen molar-refractivity contribution in [2.45, 2.75) is 6.54 Å². The first-order valence-electron chi connectivity index (χ1n) is 5.83. The van der Waals surface area contributed by atoms with E-state index in [0.29, 0.717) is 17.3 Å². The molecule has 0 radical (unpaired) electrons. The van der Waals surface area contributed by atoms with E-state index in [1.165, 1.54) is 6.33 Å². The first kappa shape index (κ1) is 14.1. The number of aliphatic imine (C=N–C) groups is 1. The molecule has 2 aromatic rings. The number of aryl methyl sites for hydroxylation is 1. The standard InChI is InChI=1S/C12H15ClN6O/c1-19-11(16-7-17-19)6-15-12(14)18-8-3-4-10(20-2)9(13)5-8/h3-5,7H,6H2,1-2H3,(H3,14,15,18). The van der Waals surface area contributed by atoms with E-state index >= 15 is 0 Å². The van der Waals surface area contributed by atoms with E-state index in [1.54, 1.807) is 37.0 Å². The molecule has 0 aliphatic heterocycles. The monoisotopic (exact) mass is 294 g/mol. The molecular weight excluding hydrogens is 280 g/mol. The van der Waals surface area contributed by atoms with Crippen molar-refractivity contribution in [2.75, 3.05) is 12.4 Å². The van der Waals surface area contributed by atoms with Crippen molar-refractivity contribution in [2.24, 2.45) is 17.8 Å². The van der Waals surface area contributed by atoms with Gasteiger partial charge < -0.3 is 15.8 Å². The second kappa shape index (κ2) is 6.25. The predicted octanol–water partition coefficient (Wildman–Crippen LogP) is 1.40. The van der Waals surface area contributed by atoms with Crippen LogP contribution in [-0.2, 0) is 13.6 Å². The molecule has 0 unspecified atom stereocenters. The summed E-state index contributed by atoms with van der Waals surface area (Å²) in [6.07, 6.45) is 1.47. The second-order valence-corrected chi connectivity index (χ2v) is 4.38. The molecule has 2 rings (SSSR count). The van der Waals surface area contributed by atoms with E-state index in [4.69, 9.17) is 22.1 Å². The fourth-order valence-electron chi connectivity index (χ4n) is 1.55. The highest BCUT2D eigenvalue weighted by molar-refractivity contribution is 6.32. The first-order chi connectivity index (χ1) is 9.60. The van der Waals surface area contributed by atoms with Crippen LogP contribution in [0.15, 0.2) is 29.5 Å². The third-order valence-electron chi connectivity index (χ3n) is 2.62. The Morgan fingerprint density at radius 2 is 2.35 bits per heavy atom. The summed E-state index contributed by atoms with van der Waals surface area (Å²) in [6.45, 7) is 0.346. The Balaban J connectivity index is 2.02. The third kappa shape index (κ3) is 3.39. The summed E-state index contributed by atoms with van der Waals surface area (Å²) in [6, 6.07) is 5.27. The maximum absolute atomic E-state index is 6.02. The lowest BCUT2D eigenvalue weighted by Gasteiger charge is -2.08. The molecule has 106 valence electrons. The summed E-state index contributed by atoms with van der Waals surface area (Å²) in [5.41, 5.74) is 6.53. The summed E-state index contributed by atoms with van der Waals surface area (Å²) in [5, 5.41) is 7.40. The van der Waals surface area contributed by atoms with Crippen LogP contribution in [0.1, 0.15) is 5.82 Å². The SMILES string of the molecule is COc1ccc(NC(N)=NCc2ncnn2C)cc1Cl. The topological polar surface area (TPSA) is 90.3 Å². The van der Waals surface area contributed by atoms with Gasteiger partial charge in [-0.2, -0.15) is 5.10 Å². The number of hydrogen-bond donors (Lipinski definition) is 2. The Morgan fingerprint density at radius 3 is 2.95 bits per heavy atom. The van der Waals surface area contributed by atoms with Crippen LogP contribution in [0.2, 0.25) is 5.02 Å². The average Bonchev–Trinajstić information content (AvgIpc) is 2.82. The minimum atomic E-state index is 0.272. The van der Waals surface area contributed by atoms with Gasteiger partial charge in [-0.25, -0.2) is 9.98 Å². The second-order valence-electron chi connectivity index (χ2n) is 3.98. The smallest absolute Gasteiger partial charge is 0.193 e. The molecule has 0 fully saturated rings. The molecule has 0 aliphatic carbocycles. The largest absolute Gasteiger partial charge is 0.495 e.